The minimum absolute atomic E-state index is 0.0777. The van der Waals surface area contributed by atoms with E-state index in [9.17, 15) is 10.1 Å². The molecule has 1 atom stereocenters. The van der Waals surface area contributed by atoms with Crippen molar-refractivity contribution in [1.82, 2.24) is 0 Å². The minimum Gasteiger partial charge on any atom is -0.489 e. The highest BCUT2D eigenvalue weighted by atomic mass is 16.6. The summed E-state index contributed by atoms with van der Waals surface area (Å²) in [7, 11) is 1.00. The van der Waals surface area contributed by atoms with Crippen LogP contribution in [0, 0.1) is 10.1 Å². The zero-order valence-electron chi connectivity index (χ0n) is 9.14. The fourth-order valence-corrected chi connectivity index (χ4v) is 1.39. The van der Waals surface area contributed by atoms with Crippen molar-refractivity contribution in [2.75, 3.05) is 19.0 Å². The smallest absolute Gasteiger partial charge is 0.271 e. The molecule has 6 heteroatoms. The molecule has 0 radical (unpaired) electrons. The largest absolute Gasteiger partial charge is 0.489 e. The molecule has 0 aromatic heterocycles. The van der Waals surface area contributed by atoms with Gasteiger partial charge in [0, 0.05) is 19.2 Å². The second kappa shape index (κ2) is 5.32. The van der Waals surface area contributed by atoms with Gasteiger partial charge in [0.1, 0.15) is 12.4 Å². The van der Waals surface area contributed by atoms with E-state index in [2.05, 4.69) is 5.32 Å². The summed E-state index contributed by atoms with van der Waals surface area (Å²) in [6.07, 6.45) is 0. The number of nitro groups is 1. The van der Waals surface area contributed by atoms with Gasteiger partial charge in [0.2, 0.25) is 0 Å². The van der Waals surface area contributed by atoms with E-state index in [1.54, 1.807) is 6.07 Å². The standard InChI is InChI=1S/C9H10N2O3.CH4O/c1-6-5-14-9-3-2-7(11(12)13)4-8(9)10-6;1-2/h2-4,6,10H,5H2,1H3;2H,1H3/t6-;/m0./s1. The number of aliphatic hydroxyl groups excluding tert-OH is 1. The highest BCUT2D eigenvalue weighted by molar-refractivity contribution is 5.63. The fraction of sp³-hybridized carbons (Fsp3) is 0.400. The van der Waals surface area contributed by atoms with Gasteiger partial charge in [-0.2, -0.15) is 0 Å². The molecule has 88 valence electrons. The maximum atomic E-state index is 10.5. The third-order valence-electron chi connectivity index (χ3n) is 2.06. The zero-order chi connectivity index (χ0) is 12.1. The van der Waals surface area contributed by atoms with E-state index in [0.29, 0.717) is 18.0 Å². The summed E-state index contributed by atoms with van der Waals surface area (Å²) in [4.78, 5) is 10.1. The van der Waals surface area contributed by atoms with Crippen molar-refractivity contribution in [3.05, 3.63) is 28.3 Å². The first kappa shape index (κ1) is 12.3. The lowest BCUT2D eigenvalue weighted by Crippen LogP contribution is -2.28. The van der Waals surface area contributed by atoms with Crippen molar-refractivity contribution >= 4 is 11.4 Å². The van der Waals surface area contributed by atoms with Gasteiger partial charge >= 0.3 is 0 Å². The van der Waals surface area contributed by atoms with Crippen LogP contribution in [0.1, 0.15) is 6.92 Å². The molecule has 0 saturated carbocycles. The molecular weight excluding hydrogens is 212 g/mol. The van der Waals surface area contributed by atoms with Gasteiger partial charge in [0.25, 0.3) is 5.69 Å². The monoisotopic (exact) mass is 226 g/mol. The number of anilines is 1. The Labute approximate surface area is 93.0 Å². The predicted octanol–water partition coefficient (Wildman–Crippen LogP) is 1.40. The van der Waals surface area contributed by atoms with Gasteiger partial charge in [-0.05, 0) is 13.0 Å². The summed E-state index contributed by atoms with van der Waals surface area (Å²) >= 11 is 0. The van der Waals surface area contributed by atoms with E-state index in [1.807, 2.05) is 6.92 Å². The summed E-state index contributed by atoms with van der Waals surface area (Å²) in [5, 5.41) is 20.6. The zero-order valence-corrected chi connectivity index (χ0v) is 9.14. The van der Waals surface area contributed by atoms with Gasteiger partial charge < -0.3 is 15.2 Å². The number of hydrogen-bond donors (Lipinski definition) is 2. The average molecular weight is 226 g/mol. The van der Waals surface area contributed by atoms with Crippen molar-refractivity contribution in [2.24, 2.45) is 0 Å². The molecule has 1 heterocycles. The number of nitrogens with one attached hydrogen (secondary N) is 1. The van der Waals surface area contributed by atoms with Gasteiger partial charge in [0.05, 0.1) is 16.7 Å². The molecular formula is C10H14N2O4. The van der Waals surface area contributed by atoms with Crippen molar-refractivity contribution < 1.29 is 14.8 Å². The highest BCUT2D eigenvalue weighted by Crippen LogP contribution is 2.32. The molecule has 2 N–H and O–H groups in total. The molecule has 1 aliphatic heterocycles. The SMILES string of the molecule is CO.C[C@H]1COc2ccc([N+](=O)[O-])cc2N1. The number of non-ortho nitro benzene ring substituents is 1. The second-order valence-corrected chi connectivity index (χ2v) is 3.29. The molecule has 0 spiro atoms. The van der Waals surface area contributed by atoms with Gasteiger partial charge in [-0.25, -0.2) is 0 Å². The van der Waals surface area contributed by atoms with Crippen molar-refractivity contribution in [3.8, 4) is 5.75 Å². The molecule has 1 aliphatic rings. The van der Waals surface area contributed by atoms with Crippen molar-refractivity contribution in [1.29, 1.82) is 0 Å². The molecule has 0 aliphatic carbocycles. The first-order valence-corrected chi connectivity index (χ1v) is 4.79. The Bertz CT molecular complexity index is 381. The number of hydrogen-bond acceptors (Lipinski definition) is 5. The van der Waals surface area contributed by atoms with E-state index in [4.69, 9.17) is 9.84 Å². The molecule has 0 amide bonds. The number of nitrogens with zero attached hydrogens (tertiary/aromatic N) is 1. The van der Waals surface area contributed by atoms with Crippen molar-refractivity contribution in [2.45, 2.75) is 13.0 Å². The first-order valence-electron chi connectivity index (χ1n) is 4.79. The van der Waals surface area contributed by atoms with Crippen LogP contribution in [0.3, 0.4) is 0 Å². The van der Waals surface area contributed by atoms with E-state index in [1.165, 1.54) is 12.1 Å². The van der Waals surface area contributed by atoms with E-state index in [-0.39, 0.29) is 11.7 Å². The Hall–Kier alpha value is -1.82. The number of rotatable bonds is 1. The quantitative estimate of drug-likeness (QED) is 0.558. The number of fused-ring (bicyclic) bond motifs is 1. The Morgan fingerprint density at radius 1 is 1.56 bits per heavy atom. The average Bonchev–Trinajstić information content (AvgIpc) is 2.30. The van der Waals surface area contributed by atoms with Gasteiger partial charge in [-0.1, -0.05) is 0 Å². The highest BCUT2D eigenvalue weighted by Gasteiger charge is 2.17. The normalized spacial score (nSPS) is 17.1. The molecule has 0 bridgehead atoms. The molecule has 16 heavy (non-hydrogen) atoms. The van der Waals surface area contributed by atoms with Crippen LogP contribution in [0.2, 0.25) is 0 Å². The van der Waals surface area contributed by atoms with E-state index in [0.717, 1.165) is 7.11 Å². The lowest BCUT2D eigenvalue weighted by Gasteiger charge is -2.24. The minimum atomic E-state index is -0.415. The molecule has 2 rings (SSSR count). The van der Waals surface area contributed by atoms with Crippen LogP contribution < -0.4 is 10.1 Å². The van der Waals surface area contributed by atoms with Gasteiger partial charge in [-0.3, -0.25) is 10.1 Å². The molecule has 0 saturated heterocycles. The summed E-state index contributed by atoms with van der Waals surface area (Å²) < 4.78 is 5.39. The van der Waals surface area contributed by atoms with Crippen LogP contribution in [0.5, 0.6) is 5.75 Å². The number of ether oxygens (including phenoxy) is 1. The van der Waals surface area contributed by atoms with E-state index < -0.39 is 4.92 Å². The van der Waals surface area contributed by atoms with Crippen LogP contribution in [0.15, 0.2) is 18.2 Å². The van der Waals surface area contributed by atoms with Crippen LogP contribution in [-0.4, -0.2) is 29.8 Å². The predicted molar refractivity (Wildman–Crippen MR) is 59.8 cm³/mol. The molecule has 1 aromatic rings. The maximum Gasteiger partial charge on any atom is 0.271 e. The van der Waals surface area contributed by atoms with E-state index >= 15 is 0 Å². The number of benzene rings is 1. The van der Waals surface area contributed by atoms with Crippen LogP contribution in [-0.2, 0) is 0 Å². The number of nitro benzene ring substituents is 1. The summed E-state index contributed by atoms with van der Waals surface area (Å²) in [5.41, 5.74) is 0.770. The van der Waals surface area contributed by atoms with Crippen molar-refractivity contribution in [3.63, 3.8) is 0 Å². The topological polar surface area (TPSA) is 84.6 Å². The Morgan fingerprint density at radius 3 is 2.88 bits per heavy atom. The number of aliphatic hydroxyl groups is 1. The molecule has 0 fully saturated rings. The van der Waals surface area contributed by atoms with Crippen LogP contribution in [0.4, 0.5) is 11.4 Å². The lowest BCUT2D eigenvalue weighted by atomic mass is 10.2. The third-order valence-corrected chi connectivity index (χ3v) is 2.06. The van der Waals surface area contributed by atoms with Gasteiger partial charge in [-0.15, -0.1) is 0 Å². The Kier molecular flexibility index (Phi) is 4.07. The van der Waals surface area contributed by atoms with Crippen LogP contribution in [0.25, 0.3) is 0 Å². The maximum absolute atomic E-state index is 10.5. The van der Waals surface area contributed by atoms with Gasteiger partial charge in [0.15, 0.2) is 0 Å². The molecule has 0 unspecified atom stereocenters. The summed E-state index contributed by atoms with van der Waals surface area (Å²) in [6, 6.07) is 4.73. The summed E-state index contributed by atoms with van der Waals surface area (Å²) in [5.74, 6) is 0.675. The Morgan fingerprint density at radius 2 is 2.25 bits per heavy atom. The first-order chi connectivity index (χ1) is 7.66. The third kappa shape index (κ3) is 2.60. The second-order valence-electron chi connectivity index (χ2n) is 3.29. The summed E-state index contributed by atoms with van der Waals surface area (Å²) in [6.45, 7) is 2.55. The van der Waals surface area contributed by atoms with Crippen LogP contribution >= 0.6 is 0 Å². The molecule has 6 nitrogen and oxygen atoms in total. The fourth-order valence-electron chi connectivity index (χ4n) is 1.39. The lowest BCUT2D eigenvalue weighted by molar-refractivity contribution is -0.384. The Balaban J connectivity index is 0.000000606. The molecule has 1 aromatic carbocycles.